The molecule has 1 N–H and O–H groups in total. The van der Waals surface area contributed by atoms with Crippen LogP contribution in [0.4, 0.5) is 5.69 Å². The van der Waals surface area contributed by atoms with E-state index in [4.69, 9.17) is 21.7 Å². The average Bonchev–Trinajstić information content (AvgIpc) is 3.61. The normalized spacial score (nSPS) is 19.4. The Hall–Kier alpha value is -5.99. The Labute approximate surface area is 358 Å². The summed E-state index contributed by atoms with van der Waals surface area (Å²) >= 11 is 6.29. The summed E-state index contributed by atoms with van der Waals surface area (Å²) < 4.78 is 4.23. The van der Waals surface area contributed by atoms with Crippen molar-refractivity contribution in [3.05, 3.63) is 112 Å². The number of carbonyl (C=O) groups is 4. The van der Waals surface area contributed by atoms with Gasteiger partial charge in [-0.05, 0) is 87.5 Å². The number of benzene rings is 3. The van der Waals surface area contributed by atoms with Crippen LogP contribution in [0, 0.1) is 6.92 Å². The number of amides is 4. The highest BCUT2D eigenvalue weighted by molar-refractivity contribution is 6.30. The first-order valence-corrected chi connectivity index (χ1v) is 21.8. The summed E-state index contributed by atoms with van der Waals surface area (Å²) in [5, 5.41) is 16.8. The number of piperazine rings is 1. The summed E-state index contributed by atoms with van der Waals surface area (Å²) in [6.45, 7) is 7.11. The summed E-state index contributed by atoms with van der Waals surface area (Å²) in [5.41, 5.74) is 7.24. The van der Waals surface area contributed by atoms with Crippen LogP contribution in [0.1, 0.15) is 101 Å². The lowest BCUT2D eigenvalue weighted by molar-refractivity contribution is -0.136. The van der Waals surface area contributed by atoms with Gasteiger partial charge in [0.1, 0.15) is 17.4 Å². The minimum Gasteiger partial charge on any atom is -0.368 e. The molecule has 3 fully saturated rings. The molecule has 14 nitrogen and oxygen atoms in total. The molecule has 2 aromatic heterocycles. The van der Waals surface area contributed by atoms with E-state index >= 15 is 0 Å². The Morgan fingerprint density at radius 2 is 1.54 bits per heavy atom. The van der Waals surface area contributed by atoms with Gasteiger partial charge in [0.2, 0.25) is 11.8 Å². The van der Waals surface area contributed by atoms with Crippen molar-refractivity contribution in [3.63, 3.8) is 0 Å². The zero-order valence-electron chi connectivity index (χ0n) is 34.1. The third-order valence-electron chi connectivity index (χ3n) is 12.9. The van der Waals surface area contributed by atoms with Gasteiger partial charge in [-0.2, -0.15) is 5.10 Å². The Morgan fingerprint density at radius 1 is 0.787 bits per heavy atom. The van der Waals surface area contributed by atoms with Crippen LogP contribution >= 0.6 is 11.6 Å². The highest BCUT2D eigenvalue weighted by Crippen LogP contribution is 2.52. The number of carbonyl (C=O) groups excluding carboxylic acids is 4. The largest absolute Gasteiger partial charge is 0.368 e. The van der Waals surface area contributed by atoms with Crippen molar-refractivity contribution in [1.29, 1.82) is 0 Å². The maximum atomic E-state index is 13.6. The molecule has 15 heteroatoms. The summed E-state index contributed by atoms with van der Waals surface area (Å²) in [7, 11) is 0. The monoisotopic (exact) mass is 838 g/mol. The molecule has 10 rings (SSSR count). The van der Waals surface area contributed by atoms with Crippen LogP contribution in [0.2, 0.25) is 5.02 Å². The van der Waals surface area contributed by atoms with E-state index in [-0.39, 0.29) is 24.3 Å². The topological polar surface area (TPSA) is 151 Å². The van der Waals surface area contributed by atoms with Gasteiger partial charge in [-0.1, -0.05) is 55.1 Å². The molecule has 6 heterocycles. The van der Waals surface area contributed by atoms with Crippen molar-refractivity contribution >= 4 is 46.6 Å². The molecule has 312 valence electrons. The van der Waals surface area contributed by atoms with Gasteiger partial charge in [0.25, 0.3) is 11.8 Å². The Morgan fingerprint density at radius 3 is 2.31 bits per heavy atom. The number of anilines is 1. The summed E-state index contributed by atoms with van der Waals surface area (Å²) in [6, 6.07) is 18.8. The SMILES string of the molecule is Cc1nnc2n1-c1ccc(-c3cnn(CCCCCCCN4CCN(c5cccc6c5C(=O)N(C5CCC(=O)NC5=O)C6=O)CC4)c3)cc1C(c1ccc(Cl)cc1)=NC21CC1. The van der Waals surface area contributed by atoms with Crippen molar-refractivity contribution in [2.75, 3.05) is 37.6 Å². The van der Waals surface area contributed by atoms with E-state index in [1.165, 1.54) is 0 Å². The number of imide groups is 2. The molecular weight excluding hydrogens is 792 g/mol. The standard InChI is InChI=1S/C46H47ClN10O4/c1-29-51-52-45-46(18-19-46)50-41(30-10-13-33(47)14-11-30)35-26-31(12-15-36(35)56(29)45)32-27-48-55(28-32)21-6-4-2-3-5-20-53-22-24-54(25-23-53)37-9-7-8-34-40(37)44(61)57(43(34)60)38-16-17-39(58)49-42(38)59/h7-15,26-28,38H,2-6,16-25H2,1H3,(H,49,58,59). The van der Waals surface area contributed by atoms with Crippen LogP contribution in [0.5, 0.6) is 0 Å². The first kappa shape index (κ1) is 39.2. The smallest absolute Gasteiger partial charge is 0.264 e. The molecule has 0 radical (unpaired) electrons. The molecular formula is C46H47ClN10O4. The third kappa shape index (κ3) is 7.24. The molecule has 61 heavy (non-hydrogen) atoms. The van der Waals surface area contributed by atoms with E-state index in [0.717, 1.165) is 140 Å². The van der Waals surface area contributed by atoms with Crippen LogP contribution in [0.15, 0.2) is 78.0 Å². The fourth-order valence-electron chi connectivity index (χ4n) is 9.41. The molecule has 1 saturated carbocycles. The molecule has 1 aliphatic carbocycles. The van der Waals surface area contributed by atoms with Crippen molar-refractivity contribution in [1.82, 2.24) is 39.7 Å². The van der Waals surface area contributed by atoms with Crippen LogP contribution in [-0.4, -0.2) is 102 Å². The van der Waals surface area contributed by atoms with E-state index in [9.17, 15) is 19.2 Å². The average molecular weight is 839 g/mol. The van der Waals surface area contributed by atoms with E-state index < -0.39 is 23.8 Å². The van der Waals surface area contributed by atoms with E-state index in [1.54, 1.807) is 12.1 Å². The van der Waals surface area contributed by atoms with Gasteiger partial charge in [-0.15, -0.1) is 10.2 Å². The van der Waals surface area contributed by atoms with Crippen LogP contribution < -0.4 is 10.2 Å². The van der Waals surface area contributed by atoms with E-state index in [1.807, 2.05) is 48.1 Å². The molecule has 4 aliphatic heterocycles. The van der Waals surface area contributed by atoms with Gasteiger partial charge in [-0.25, -0.2) is 0 Å². The number of hydrogen-bond donors (Lipinski definition) is 1. The minimum absolute atomic E-state index is 0.0983. The molecule has 1 atom stereocenters. The summed E-state index contributed by atoms with van der Waals surface area (Å²) in [4.78, 5) is 62.2. The molecule has 1 unspecified atom stereocenters. The van der Waals surface area contributed by atoms with Crippen LogP contribution in [0.25, 0.3) is 16.8 Å². The second-order valence-corrected chi connectivity index (χ2v) is 17.3. The lowest BCUT2D eigenvalue weighted by atomic mass is 9.96. The quantitative estimate of drug-likeness (QED) is 0.116. The van der Waals surface area contributed by atoms with Gasteiger partial charge >= 0.3 is 0 Å². The summed E-state index contributed by atoms with van der Waals surface area (Å²) in [5.74, 6) is -0.154. The fourth-order valence-corrected chi connectivity index (χ4v) is 9.53. The first-order valence-electron chi connectivity index (χ1n) is 21.5. The molecule has 5 aliphatic rings. The predicted octanol–water partition coefficient (Wildman–Crippen LogP) is 6.11. The van der Waals surface area contributed by atoms with Crippen LogP contribution in [-0.2, 0) is 21.7 Å². The first-order chi connectivity index (χ1) is 29.7. The Bertz CT molecular complexity index is 2600. The number of unbranched alkanes of at least 4 members (excludes halogenated alkanes) is 4. The number of aromatic nitrogens is 5. The zero-order chi connectivity index (χ0) is 41.8. The minimum atomic E-state index is -0.970. The molecule has 5 aromatic rings. The number of aryl methyl sites for hydroxylation is 2. The van der Waals surface area contributed by atoms with Gasteiger partial charge < -0.3 is 4.90 Å². The maximum absolute atomic E-state index is 13.6. The van der Waals surface area contributed by atoms with Gasteiger partial charge in [0, 0.05) is 67.1 Å². The second kappa shape index (κ2) is 15.8. The van der Waals surface area contributed by atoms with E-state index in [0.29, 0.717) is 16.1 Å². The number of nitrogens with zero attached hydrogens (tertiary/aromatic N) is 9. The maximum Gasteiger partial charge on any atom is 0.264 e. The van der Waals surface area contributed by atoms with Gasteiger partial charge in [-0.3, -0.25) is 48.5 Å². The Balaban J connectivity index is 0.705. The third-order valence-corrected chi connectivity index (χ3v) is 13.1. The van der Waals surface area contributed by atoms with Gasteiger partial charge in [0.15, 0.2) is 5.82 Å². The highest BCUT2D eigenvalue weighted by atomic mass is 35.5. The van der Waals surface area contributed by atoms with Crippen LogP contribution in [0.3, 0.4) is 0 Å². The number of piperidine rings is 1. The summed E-state index contributed by atoms with van der Waals surface area (Å²) in [6.07, 6.45) is 11.8. The number of nitrogens with one attached hydrogen (secondary N) is 1. The molecule has 0 bridgehead atoms. The van der Waals surface area contributed by atoms with Gasteiger partial charge in [0.05, 0.1) is 34.4 Å². The second-order valence-electron chi connectivity index (χ2n) is 16.9. The number of fused-ring (bicyclic) bond motifs is 5. The predicted molar refractivity (Wildman–Crippen MR) is 230 cm³/mol. The van der Waals surface area contributed by atoms with Crippen molar-refractivity contribution in [2.45, 2.75) is 82.8 Å². The lowest BCUT2D eigenvalue weighted by Gasteiger charge is -2.36. The molecule has 1 spiro atoms. The molecule has 2 saturated heterocycles. The molecule has 3 aromatic carbocycles. The van der Waals surface area contributed by atoms with E-state index in [2.05, 4.69) is 54.3 Å². The zero-order valence-corrected chi connectivity index (χ0v) is 34.9. The number of halogens is 1. The number of rotatable bonds is 12. The number of hydrogen-bond acceptors (Lipinski definition) is 10. The van der Waals surface area contributed by atoms with Crippen molar-refractivity contribution < 1.29 is 19.2 Å². The molecule has 4 amide bonds. The van der Waals surface area contributed by atoms with Crippen molar-refractivity contribution in [2.24, 2.45) is 4.99 Å². The Kier molecular flexibility index (Phi) is 10.1. The van der Waals surface area contributed by atoms with Crippen molar-refractivity contribution in [3.8, 4) is 16.8 Å². The number of aliphatic imine (C=N–C) groups is 1. The lowest BCUT2D eigenvalue weighted by Crippen LogP contribution is -2.54. The fraction of sp³-hybridized carbons (Fsp3) is 0.391. The highest BCUT2D eigenvalue weighted by Gasteiger charge is 2.51.